The quantitative estimate of drug-likeness (QED) is 0.815. The lowest BCUT2D eigenvalue weighted by atomic mass is 9.85. The third kappa shape index (κ3) is 3.85. The highest BCUT2D eigenvalue weighted by atomic mass is 35.5. The Morgan fingerprint density at radius 1 is 1.41 bits per heavy atom. The number of nitrogens with two attached hydrogens (primary N) is 1. The summed E-state index contributed by atoms with van der Waals surface area (Å²) in [6.07, 6.45) is 7.86. The van der Waals surface area contributed by atoms with Crippen LogP contribution in [0.3, 0.4) is 0 Å². The van der Waals surface area contributed by atoms with E-state index in [9.17, 15) is 4.79 Å². The van der Waals surface area contributed by atoms with Gasteiger partial charge in [-0.1, -0.05) is 13.3 Å². The Morgan fingerprint density at radius 2 is 2.12 bits per heavy atom. The van der Waals surface area contributed by atoms with Gasteiger partial charge in [0.25, 0.3) is 0 Å². The molecule has 17 heavy (non-hydrogen) atoms. The largest absolute Gasteiger partial charge is 0.355 e. The van der Waals surface area contributed by atoms with Gasteiger partial charge in [-0.25, -0.2) is 0 Å². The molecule has 0 saturated heterocycles. The highest BCUT2D eigenvalue weighted by Crippen LogP contribution is 2.47. The third-order valence-corrected chi connectivity index (χ3v) is 4.43. The van der Waals surface area contributed by atoms with Crippen LogP contribution in [0, 0.1) is 11.3 Å². The van der Waals surface area contributed by atoms with Crippen molar-refractivity contribution in [2.45, 2.75) is 57.9 Å². The van der Waals surface area contributed by atoms with Gasteiger partial charge in [0.2, 0.25) is 5.91 Å². The Bertz CT molecular complexity index is 266. The fraction of sp³-hybridized carbons (Fsp3) is 0.923. The molecule has 2 atom stereocenters. The topological polar surface area (TPSA) is 55.1 Å². The predicted octanol–water partition coefficient (Wildman–Crippen LogP) is 2.23. The van der Waals surface area contributed by atoms with E-state index in [1.807, 2.05) is 0 Å². The van der Waals surface area contributed by atoms with E-state index in [0.29, 0.717) is 5.41 Å². The first-order valence-electron chi connectivity index (χ1n) is 6.68. The van der Waals surface area contributed by atoms with Crippen molar-refractivity contribution in [3.05, 3.63) is 0 Å². The maximum Gasteiger partial charge on any atom is 0.223 e. The van der Waals surface area contributed by atoms with Gasteiger partial charge in [-0.3, -0.25) is 4.79 Å². The lowest BCUT2D eigenvalue weighted by Crippen LogP contribution is -2.39. The molecule has 3 N–H and O–H groups in total. The van der Waals surface area contributed by atoms with Gasteiger partial charge in [-0.15, -0.1) is 12.4 Å². The number of carbonyl (C=O) groups is 1. The van der Waals surface area contributed by atoms with E-state index < -0.39 is 0 Å². The van der Waals surface area contributed by atoms with E-state index in [4.69, 9.17) is 5.73 Å². The number of rotatable bonds is 4. The molecular formula is C13H25ClN2O. The molecule has 2 rings (SSSR count). The van der Waals surface area contributed by atoms with Crippen molar-refractivity contribution in [2.24, 2.45) is 17.1 Å². The molecule has 0 spiro atoms. The summed E-state index contributed by atoms with van der Waals surface area (Å²) in [7, 11) is 0. The summed E-state index contributed by atoms with van der Waals surface area (Å²) in [4.78, 5) is 12.0. The lowest BCUT2D eigenvalue weighted by Gasteiger charge is -2.26. The molecule has 2 fully saturated rings. The second-order valence-corrected chi connectivity index (χ2v) is 5.69. The van der Waals surface area contributed by atoms with Gasteiger partial charge < -0.3 is 11.1 Å². The van der Waals surface area contributed by atoms with E-state index in [-0.39, 0.29) is 30.3 Å². The van der Waals surface area contributed by atoms with Crippen molar-refractivity contribution >= 4 is 18.3 Å². The zero-order chi connectivity index (χ0) is 11.6. The first-order valence-corrected chi connectivity index (χ1v) is 6.68. The van der Waals surface area contributed by atoms with E-state index >= 15 is 0 Å². The van der Waals surface area contributed by atoms with Crippen LogP contribution in [-0.2, 0) is 4.79 Å². The van der Waals surface area contributed by atoms with Crippen molar-refractivity contribution in [2.75, 3.05) is 6.54 Å². The molecule has 0 aliphatic heterocycles. The van der Waals surface area contributed by atoms with E-state index in [1.54, 1.807) is 0 Å². The monoisotopic (exact) mass is 260 g/mol. The second-order valence-electron chi connectivity index (χ2n) is 5.69. The number of halogens is 1. The molecule has 4 heteroatoms. The highest BCUT2D eigenvalue weighted by Gasteiger charge is 2.41. The molecular weight excluding hydrogens is 236 g/mol. The van der Waals surface area contributed by atoms with Crippen LogP contribution >= 0.6 is 12.4 Å². The zero-order valence-electron chi connectivity index (χ0n) is 10.7. The number of nitrogens with one attached hydrogen (secondary N) is 1. The van der Waals surface area contributed by atoms with Crippen LogP contribution in [-0.4, -0.2) is 18.5 Å². The van der Waals surface area contributed by atoms with Crippen LogP contribution in [0.4, 0.5) is 0 Å². The Kier molecular flexibility index (Phi) is 5.26. The van der Waals surface area contributed by atoms with E-state index in [0.717, 1.165) is 32.2 Å². The number of hydrogen-bond acceptors (Lipinski definition) is 2. The Balaban J connectivity index is 0.00000144. The minimum Gasteiger partial charge on any atom is -0.355 e. The average molecular weight is 261 g/mol. The molecule has 2 unspecified atom stereocenters. The van der Waals surface area contributed by atoms with Gasteiger partial charge in [0, 0.05) is 18.5 Å². The Labute approximate surface area is 110 Å². The van der Waals surface area contributed by atoms with Crippen LogP contribution < -0.4 is 11.1 Å². The summed E-state index contributed by atoms with van der Waals surface area (Å²) in [6.45, 7) is 3.10. The summed E-state index contributed by atoms with van der Waals surface area (Å²) in [6, 6.07) is 0.241. The van der Waals surface area contributed by atoms with Crippen molar-refractivity contribution in [1.29, 1.82) is 0 Å². The minimum absolute atomic E-state index is 0. The summed E-state index contributed by atoms with van der Waals surface area (Å²) in [5.41, 5.74) is 6.35. The second kappa shape index (κ2) is 6.05. The van der Waals surface area contributed by atoms with Gasteiger partial charge in [-0.2, -0.15) is 0 Å². The highest BCUT2D eigenvalue weighted by molar-refractivity contribution is 5.85. The first-order chi connectivity index (χ1) is 7.65. The molecule has 0 aromatic rings. The normalized spacial score (nSPS) is 30.2. The number of amides is 1. The molecule has 0 bridgehead atoms. The van der Waals surface area contributed by atoms with Crippen LogP contribution in [0.2, 0.25) is 0 Å². The average Bonchev–Trinajstić information content (AvgIpc) is 3.07. The molecule has 1 amide bonds. The number of hydrogen-bond donors (Lipinski definition) is 2. The number of carbonyl (C=O) groups excluding carboxylic acids is 1. The van der Waals surface area contributed by atoms with Crippen LogP contribution in [0.25, 0.3) is 0 Å². The maximum absolute atomic E-state index is 12.0. The SMILES string of the molecule is CCC1(CNC(=O)C2CCCC(N)C2)CC1.Cl. The van der Waals surface area contributed by atoms with Gasteiger partial charge in [0.05, 0.1) is 0 Å². The van der Waals surface area contributed by atoms with Crippen LogP contribution in [0.15, 0.2) is 0 Å². The molecule has 100 valence electrons. The van der Waals surface area contributed by atoms with Crippen LogP contribution in [0.1, 0.15) is 51.9 Å². The Hall–Kier alpha value is -0.280. The molecule has 2 aliphatic rings. The first kappa shape index (κ1) is 14.8. The summed E-state index contributed by atoms with van der Waals surface area (Å²) >= 11 is 0. The Morgan fingerprint density at radius 3 is 2.65 bits per heavy atom. The molecule has 0 radical (unpaired) electrons. The predicted molar refractivity (Wildman–Crippen MR) is 72.1 cm³/mol. The van der Waals surface area contributed by atoms with Crippen molar-refractivity contribution in [1.82, 2.24) is 5.32 Å². The maximum atomic E-state index is 12.0. The molecule has 3 nitrogen and oxygen atoms in total. The standard InChI is InChI=1S/C13H24N2O.ClH/c1-2-13(6-7-13)9-15-12(16)10-4-3-5-11(14)8-10;/h10-11H,2-9,14H2,1H3,(H,15,16);1H. The van der Waals surface area contributed by atoms with Crippen molar-refractivity contribution in [3.8, 4) is 0 Å². The van der Waals surface area contributed by atoms with Gasteiger partial charge in [-0.05, 0) is 43.9 Å². The molecule has 0 aromatic carbocycles. The van der Waals surface area contributed by atoms with Gasteiger partial charge in [0.15, 0.2) is 0 Å². The molecule has 2 aliphatic carbocycles. The van der Waals surface area contributed by atoms with Gasteiger partial charge in [0.1, 0.15) is 0 Å². The zero-order valence-corrected chi connectivity index (χ0v) is 11.5. The fourth-order valence-electron chi connectivity index (χ4n) is 2.72. The lowest BCUT2D eigenvalue weighted by molar-refractivity contribution is -0.126. The molecule has 0 aromatic heterocycles. The molecule has 2 saturated carbocycles. The fourth-order valence-corrected chi connectivity index (χ4v) is 2.72. The van der Waals surface area contributed by atoms with Gasteiger partial charge >= 0.3 is 0 Å². The van der Waals surface area contributed by atoms with Crippen molar-refractivity contribution in [3.63, 3.8) is 0 Å². The summed E-state index contributed by atoms with van der Waals surface area (Å²) in [5.74, 6) is 0.422. The smallest absolute Gasteiger partial charge is 0.223 e. The third-order valence-electron chi connectivity index (χ3n) is 4.43. The minimum atomic E-state index is 0. The molecule has 0 heterocycles. The van der Waals surface area contributed by atoms with Crippen LogP contribution in [0.5, 0.6) is 0 Å². The van der Waals surface area contributed by atoms with E-state index in [2.05, 4.69) is 12.2 Å². The summed E-state index contributed by atoms with van der Waals surface area (Å²) in [5, 5.41) is 3.13. The summed E-state index contributed by atoms with van der Waals surface area (Å²) < 4.78 is 0. The van der Waals surface area contributed by atoms with E-state index in [1.165, 1.54) is 19.3 Å². The van der Waals surface area contributed by atoms with Crippen molar-refractivity contribution < 1.29 is 4.79 Å².